The zero-order valence-corrected chi connectivity index (χ0v) is 6.32. The number of thiol groups is 1. The van der Waals surface area contributed by atoms with Crippen LogP contribution in [-0.2, 0) is 0 Å². The Labute approximate surface area is 57.1 Å². The van der Waals surface area contributed by atoms with Crippen LogP contribution < -0.4 is 0 Å². The van der Waals surface area contributed by atoms with Crippen molar-refractivity contribution in [3.63, 3.8) is 0 Å². The second kappa shape index (κ2) is 2.77. The highest BCUT2D eigenvalue weighted by Crippen LogP contribution is 2.33. The van der Waals surface area contributed by atoms with Gasteiger partial charge < -0.3 is 0 Å². The van der Waals surface area contributed by atoms with Crippen LogP contribution in [0, 0.1) is 5.92 Å². The third-order valence-electron chi connectivity index (χ3n) is 2.11. The minimum atomic E-state index is 0.698. The first-order valence-electron chi connectivity index (χ1n) is 3.52. The Morgan fingerprint density at radius 3 is 2.38 bits per heavy atom. The van der Waals surface area contributed by atoms with Crippen molar-refractivity contribution in [3.05, 3.63) is 0 Å². The van der Waals surface area contributed by atoms with E-state index in [0.717, 1.165) is 5.92 Å². The molecule has 1 aliphatic carbocycles. The van der Waals surface area contributed by atoms with Crippen molar-refractivity contribution < 1.29 is 0 Å². The average molecular weight is 130 g/mol. The molecule has 1 unspecified atom stereocenters. The molecule has 48 valence electrons. The van der Waals surface area contributed by atoms with Crippen LogP contribution in [0.3, 0.4) is 0 Å². The van der Waals surface area contributed by atoms with Gasteiger partial charge in [-0.25, -0.2) is 0 Å². The molecule has 0 radical (unpaired) electrons. The summed E-state index contributed by atoms with van der Waals surface area (Å²) in [4.78, 5) is 0. The Morgan fingerprint density at radius 2 is 2.25 bits per heavy atom. The molecule has 1 atom stereocenters. The lowest BCUT2D eigenvalue weighted by molar-refractivity contribution is 0.304. The second-order valence-electron chi connectivity index (χ2n) is 2.67. The average Bonchev–Trinajstić information content (AvgIpc) is 1.62. The molecule has 0 aromatic heterocycles. The Bertz CT molecular complexity index is 64.0. The summed E-state index contributed by atoms with van der Waals surface area (Å²) in [5.74, 6) is 0.961. The molecule has 1 saturated carbocycles. The number of rotatable bonds is 2. The summed E-state index contributed by atoms with van der Waals surface area (Å²) in [7, 11) is 0. The van der Waals surface area contributed by atoms with E-state index in [1.807, 2.05) is 0 Å². The molecule has 1 fully saturated rings. The van der Waals surface area contributed by atoms with Gasteiger partial charge in [-0.05, 0) is 25.2 Å². The van der Waals surface area contributed by atoms with Gasteiger partial charge in [-0.15, -0.1) is 0 Å². The van der Waals surface area contributed by atoms with Gasteiger partial charge in [-0.3, -0.25) is 0 Å². The van der Waals surface area contributed by atoms with Crippen molar-refractivity contribution in [2.75, 3.05) is 0 Å². The summed E-state index contributed by atoms with van der Waals surface area (Å²) in [5.41, 5.74) is 0. The van der Waals surface area contributed by atoms with Crippen LogP contribution >= 0.6 is 12.6 Å². The molecule has 1 rings (SSSR count). The first kappa shape index (κ1) is 6.47. The fourth-order valence-electron chi connectivity index (χ4n) is 1.16. The van der Waals surface area contributed by atoms with Crippen LogP contribution in [0.15, 0.2) is 0 Å². The fourth-order valence-corrected chi connectivity index (χ4v) is 1.46. The summed E-state index contributed by atoms with van der Waals surface area (Å²) in [6.45, 7) is 2.22. The van der Waals surface area contributed by atoms with Crippen LogP contribution in [0.5, 0.6) is 0 Å². The lowest BCUT2D eigenvalue weighted by Crippen LogP contribution is -2.21. The van der Waals surface area contributed by atoms with Gasteiger partial charge in [0, 0.05) is 5.25 Å². The van der Waals surface area contributed by atoms with E-state index in [4.69, 9.17) is 0 Å². The quantitative estimate of drug-likeness (QED) is 0.545. The van der Waals surface area contributed by atoms with E-state index in [9.17, 15) is 0 Å². The first-order valence-corrected chi connectivity index (χ1v) is 4.04. The monoisotopic (exact) mass is 130 g/mol. The van der Waals surface area contributed by atoms with Crippen molar-refractivity contribution in [2.24, 2.45) is 5.92 Å². The van der Waals surface area contributed by atoms with E-state index in [-0.39, 0.29) is 0 Å². The van der Waals surface area contributed by atoms with Crippen LogP contribution in [0.25, 0.3) is 0 Å². The van der Waals surface area contributed by atoms with Crippen LogP contribution in [0.4, 0.5) is 0 Å². The maximum Gasteiger partial charge on any atom is 0.00424 e. The summed E-state index contributed by atoms with van der Waals surface area (Å²) >= 11 is 4.46. The molecule has 0 saturated heterocycles. The van der Waals surface area contributed by atoms with Crippen molar-refractivity contribution >= 4 is 12.6 Å². The van der Waals surface area contributed by atoms with Crippen molar-refractivity contribution in [1.82, 2.24) is 0 Å². The van der Waals surface area contributed by atoms with E-state index in [1.165, 1.54) is 25.7 Å². The molecule has 0 spiro atoms. The largest absolute Gasteiger partial charge is 0.176 e. The highest BCUT2D eigenvalue weighted by atomic mass is 32.1. The van der Waals surface area contributed by atoms with E-state index in [2.05, 4.69) is 19.6 Å². The first-order chi connectivity index (χ1) is 3.84. The van der Waals surface area contributed by atoms with Gasteiger partial charge in [0.15, 0.2) is 0 Å². The molecule has 0 bridgehead atoms. The molecule has 0 aliphatic heterocycles. The van der Waals surface area contributed by atoms with Gasteiger partial charge in [0.05, 0.1) is 0 Å². The summed E-state index contributed by atoms with van der Waals surface area (Å²) in [6.07, 6.45) is 5.56. The second-order valence-corrected chi connectivity index (χ2v) is 3.33. The molecule has 8 heavy (non-hydrogen) atoms. The lowest BCUT2D eigenvalue weighted by atomic mass is 9.82. The van der Waals surface area contributed by atoms with Crippen molar-refractivity contribution in [3.8, 4) is 0 Å². The lowest BCUT2D eigenvalue weighted by Gasteiger charge is -2.29. The minimum absolute atomic E-state index is 0.698. The predicted molar refractivity (Wildman–Crippen MR) is 40.4 cm³/mol. The van der Waals surface area contributed by atoms with Crippen molar-refractivity contribution in [1.29, 1.82) is 0 Å². The standard InChI is InChI=1S/C7H14S/c1-2-7(8)6-4-3-5-6/h6-8H,2-5H2,1H3. The highest BCUT2D eigenvalue weighted by molar-refractivity contribution is 7.81. The Morgan fingerprint density at radius 1 is 1.62 bits per heavy atom. The van der Waals surface area contributed by atoms with E-state index < -0.39 is 0 Å². The maximum atomic E-state index is 4.46. The molecule has 0 amide bonds. The van der Waals surface area contributed by atoms with Gasteiger partial charge in [0.1, 0.15) is 0 Å². The van der Waals surface area contributed by atoms with Gasteiger partial charge in [0.2, 0.25) is 0 Å². The normalized spacial score (nSPS) is 24.8. The highest BCUT2D eigenvalue weighted by Gasteiger charge is 2.22. The predicted octanol–water partition coefficient (Wildman–Crippen LogP) is 2.49. The van der Waals surface area contributed by atoms with Crippen LogP contribution in [0.1, 0.15) is 32.6 Å². The zero-order chi connectivity index (χ0) is 5.98. The SMILES string of the molecule is CCC(S)C1CCC1. The smallest absolute Gasteiger partial charge is 0.00424 e. The third kappa shape index (κ3) is 1.19. The molecule has 0 heterocycles. The zero-order valence-electron chi connectivity index (χ0n) is 5.43. The summed E-state index contributed by atoms with van der Waals surface area (Å²) in [6, 6.07) is 0. The van der Waals surface area contributed by atoms with Gasteiger partial charge in [-0.2, -0.15) is 12.6 Å². The Hall–Kier alpha value is 0.350. The molecular weight excluding hydrogens is 116 g/mol. The summed E-state index contributed by atoms with van der Waals surface area (Å²) < 4.78 is 0. The molecule has 0 N–H and O–H groups in total. The van der Waals surface area contributed by atoms with Gasteiger partial charge in [-0.1, -0.05) is 13.3 Å². The molecular formula is C7H14S. The molecule has 0 aromatic rings. The van der Waals surface area contributed by atoms with E-state index in [0.29, 0.717) is 5.25 Å². The summed E-state index contributed by atoms with van der Waals surface area (Å²) in [5, 5.41) is 0.698. The number of hydrogen-bond donors (Lipinski definition) is 1. The number of hydrogen-bond acceptors (Lipinski definition) is 1. The Kier molecular flexibility index (Phi) is 2.24. The Balaban J connectivity index is 2.13. The minimum Gasteiger partial charge on any atom is -0.176 e. The van der Waals surface area contributed by atoms with Crippen LogP contribution in [-0.4, -0.2) is 5.25 Å². The fraction of sp³-hybridized carbons (Fsp3) is 1.00. The molecule has 1 heteroatoms. The third-order valence-corrected chi connectivity index (χ3v) is 2.90. The molecule has 0 nitrogen and oxygen atoms in total. The van der Waals surface area contributed by atoms with E-state index >= 15 is 0 Å². The maximum absolute atomic E-state index is 4.46. The van der Waals surface area contributed by atoms with Crippen molar-refractivity contribution in [2.45, 2.75) is 37.9 Å². The van der Waals surface area contributed by atoms with E-state index in [1.54, 1.807) is 0 Å². The molecule has 1 aliphatic rings. The van der Waals surface area contributed by atoms with Gasteiger partial charge in [0.25, 0.3) is 0 Å². The van der Waals surface area contributed by atoms with Gasteiger partial charge >= 0.3 is 0 Å². The molecule has 0 aromatic carbocycles. The topological polar surface area (TPSA) is 0 Å². The van der Waals surface area contributed by atoms with Crippen LogP contribution in [0.2, 0.25) is 0 Å².